The molecule has 2 N–H and O–H groups in total. The molecule has 7 rings (SSSR count). The molecule has 4 aromatic rings. The number of hydrogen-bond acceptors (Lipinski definition) is 4. The number of hydrogen-bond donors (Lipinski definition) is 2. The average molecular weight is 743 g/mol. The van der Waals surface area contributed by atoms with E-state index < -0.39 is 0 Å². The first-order valence-corrected chi connectivity index (χ1v) is 21.3. The van der Waals surface area contributed by atoms with Crippen LogP contribution in [-0.2, 0) is 42.2 Å². The van der Waals surface area contributed by atoms with Crippen LogP contribution in [0.2, 0.25) is 0 Å². The van der Waals surface area contributed by atoms with E-state index in [9.17, 15) is 9.59 Å². The van der Waals surface area contributed by atoms with Gasteiger partial charge in [-0.25, -0.2) is 0 Å². The summed E-state index contributed by atoms with van der Waals surface area (Å²) >= 11 is 0. The van der Waals surface area contributed by atoms with Crippen molar-refractivity contribution in [3.63, 3.8) is 0 Å². The van der Waals surface area contributed by atoms with Crippen LogP contribution in [0, 0.1) is 0 Å². The SMILES string of the molecule is O=C1CCCCCNCc2ccc(cc2)Cc2ccc(cc2)CNCCCCCC(=O)N(Cc2ccccc2)CCCCCCCCN1Cc1ccccc1. The Hall–Kier alpha value is -4.26. The van der Waals surface area contributed by atoms with Gasteiger partial charge >= 0.3 is 0 Å². The van der Waals surface area contributed by atoms with E-state index in [1.807, 2.05) is 12.1 Å². The molecule has 0 spiro atoms. The van der Waals surface area contributed by atoms with Crippen molar-refractivity contribution in [3.8, 4) is 0 Å². The lowest BCUT2D eigenvalue weighted by Crippen LogP contribution is -2.31. The Morgan fingerprint density at radius 3 is 1.18 bits per heavy atom. The monoisotopic (exact) mass is 743 g/mol. The van der Waals surface area contributed by atoms with Crippen molar-refractivity contribution < 1.29 is 9.59 Å². The largest absolute Gasteiger partial charge is 0.338 e. The maximum Gasteiger partial charge on any atom is 0.222 e. The van der Waals surface area contributed by atoms with Gasteiger partial charge in [-0.3, -0.25) is 9.59 Å². The van der Waals surface area contributed by atoms with Crippen molar-refractivity contribution in [1.29, 1.82) is 0 Å². The molecule has 4 bridgehead atoms. The minimum atomic E-state index is 0.278. The van der Waals surface area contributed by atoms with Gasteiger partial charge in [-0.2, -0.15) is 0 Å². The molecule has 0 aromatic heterocycles. The predicted octanol–water partition coefficient (Wildman–Crippen LogP) is 9.99. The summed E-state index contributed by atoms with van der Waals surface area (Å²) in [6, 6.07) is 38.8. The fourth-order valence-corrected chi connectivity index (χ4v) is 7.48. The molecule has 6 heteroatoms. The van der Waals surface area contributed by atoms with Crippen molar-refractivity contribution >= 4 is 11.8 Å². The van der Waals surface area contributed by atoms with E-state index in [4.69, 9.17) is 0 Å². The van der Waals surface area contributed by atoms with Crippen LogP contribution in [0.1, 0.15) is 123 Å². The molecule has 0 saturated carbocycles. The summed E-state index contributed by atoms with van der Waals surface area (Å²) in [6.45, 7) is 6.68. The van der Waals surface area contributed by atoms with Crippen LogP contribution >= 0.6 is 0 Å². The molecular weight excluding hydrogens is 677 g/mol. The van der Waals surface area contributed by atoms with E-state index >= 15 is 0 Å². The van der Waals surface area contributed by atoms with Gasteiger partial charge in [0.15, 0.2) is 0 Å². The molecule has 4 aromatic carbocycles. The van der Waals surface area contributed by atoms with Crippen molar-refractivity contribution in [2.45, 2.75) is 122 Å². The lowest BCUT2D eigenvalue weighted by atomic mass is 10.0. The van der Waals surface area contributed by atoms with E-state index in [0.29, 0.717) is 25.9 Å². The van der Waals surface area contributed by atoms with Gasteiger partial charge in [0.25, 0.3) is 0 Å². The van der Waals surface area contributed by atoms with Crippen LogP contribution in [0.15, 0.2) is 109 Å². The van der Waals surface area contributed by atoms with Gasteiger partial charge in [-0.05, 0) is 91.4 Å². The van der Waals surface area contributed by atoms with Gasteiger partial charge < -0.3 is 20.4 Å². The first-order valence-electron chi connectivity index (χ1n) is 21.3. The van der Waals surface area contributed by atoms with Gasteiger partial charge in [0.1, 0.15) is 0 Å². The molecule has 55 heavy (non-hydrogen) atoms. The summed E-state index contributed by atoms with van der Waals surface area (Å²) in [5, 5.41) is 7.21. The van der Waals surface area contributed by atoms with Crippen LogP contribution in [0.3, 0.4) is 0 Å². The summed E-state index contributed by atoms with van der Waals surface area (Å²) in [5.74, 6) is 0.556. The molecule has 0 fully saturated rings. The Balaban J connectivity index is 1.13. The minimum absolute atomic E-state index is 0.278. The molecule has 0 aliphatic carbocycles. The number of nitrogens with one attached hydrogen (secondary N) is 2. The van der Waals surface area contributed by atoms with Crippen molar-refractivity contribution in [2.75, 3.05) is 26.2 Å². The third kappa shape index (κ3) is 16.6. The van der Waals surface area contributed by atoms with Gasteiger partial charge in [-0.1, -0.05) is 148 Å². The van der Waals surface area contributed by atoms with Crippen LogP contribution in [0.4, 0.5) is 0 Å². The van der Waals surface area contributed by atoms with Crippen LogP contribution < -0.4 is 10.6 Å². The van der Waals surface area contributed by atoms with Gasteiger partial charge in [0, 0.05) is 52.1 Å². The highest BCUT2D eigenvalue weighted by molar-refractivity contribution is 5.76. The van der Waals surface area contributed by atoms with E-state index in [2.05, 4.69) is 117 Å². The first kappa shape index (κ1) is 41.9. The lowest BCUT2D eigenvalue weighted by Gasteiger charge is -2.23. The fraction of sp³-hybridized carbons (Fsp3) is 0.469. The van der Waals surface area contributed by atoms with Crippen molar-refractivity contribution in [2.24, 2.45) is 0 Å². The number of carbonyl (C=O) groups is 2. The molecule has 0 unspecified atom stereocenters. The number of benzene rings is 4. The fourth-order valence-electron chi connectivity index (χ4n) is 7.48. The molecule has 3 heterocycles. The number of amides is 2. The topological polar surface area (TPSA) is 64.7 Å². The summed E-state index contributed by atoms with van der Waals surface area (Å²) in [6.07, 6.45) is 14.9. The van der Waals surface area contributed by atoms with Crippen molar-refractivity contribution in [1.82, 2.24) is 20.4 Å². The van der Waals surface area contributed by atoms with E-state index in [0.717, 1.165) is 123 Å². The number of carbonyl (C=O) groups excluding carboxylic acids is 2. The van der Waals surface area contributed by atoms with E-state index in [1.165, 1.54) is 33.4 Å². The van der Waals surface area contributed by atoms with E-state index in [1.54, 1.807) is 0 Å². The Morgan fingerprint density at radius 1 is 0.400 bits per heavy atom. The standard InChI is InChI=1S/C49H66N4O2/c54-48-23-13-7-15-33-50-38-44-29-25-42(26-30-44)37-43-27-31-45(32-28-43)39-51-34-16-8-14-24-49(55)53(41-47-21-11-6-12-22-47)36-18-4-2-1-3-17-35-52(48)40-46-19-9-5-10-20-46/h5-6,9-12,19-22,25-32,50-51H,1-4,7-8,13-18,23-24,33-41H2. The highest BCUT2D eigenvalue weighted by atomic mass is 16.2. The number of fused-ring (bicyclic) bond motifs is 2. The molecule has 0 saturated heterocycles. The quantitative estimate of drug-likeness (QED) is 0.219. The normalized spacial score (nSPS) is 17.7. The summed E-state index contributed by atoms with van der Waals surface area (Å²) in [4.78, 5) is 31.0. The lowest BCUT2D eigenvalue weighted by molar-refractivity contribution is -0.132. The average Bonchev–Trinajstić information content (AvgIpc) is 3.21. The third-order valence-corrected chi connectivity index (χ3v) is 10.8. The maximum absolute atomic E-state index is 13.4. The second kappa shape index (κ2) is 25.0. The zero-order chi connectivity index (χ0) is 38.2. The van der Waals surface area contributed by atoms with Crippen molar-refractivity contribution in [3.05, 3.63) is 143 Å². The first-order chi connectivity index (χ1) is 27.1. The second-order valence-corrected chi connectivity index (χ2v) is 15.5. The third-order valence-electron chi connectivity index (χ3n) is 10.8. The predicted molar refractivity (Wildman–Crippen MR) is 227 cm³/mol. The molecule has 6 nitrogen and oxygen atoms in total. The second-order valence-electron chi connectivity index (χ2n) is 15.5. The summed E-state index contributed by atoms with van der Waals surface area (Å²) in [7, 11) is 0. The Labute approximate surface area is 332 Å². The smallest absolute Gasteiger partial charge is 0.222 e. The maximum atomic E-state index is 13.4. The number of rotatable bonds is 4. The molecule has 3 aliphatic rings. The van der Waals surface area contributed by atoms with E-state index in [-0.39, 0.29) is 11.8 Å². The Kier molecular flexibility index (Phi) is 19.0. The van der Waals surface area contributed by atoms with Gasteiger partial charge in [-0.15, -0.1) is 0 Å². The molecule has 0 atom stereocenters. The van der Waals surface area contributed by atoms with Crippen LogP contribution in [-0.4, -0.2) is 47.8 Å². The highest BCUT2D eigenvalue weighted by Gasteiger charge is 2.15. The number of nitrogens with zero attached hydrogens (tertiary/aromatic N) is 2. The highest BCUT2D eigenvalue weighted by Crippen LogP contribution is 2.16. The molecule has 0 radical (unpaired) electrons. The molecule has 2 amide bonds. The van der Waals surface area contributed by atoms with Crippen LogP contribution in [0.5, 0.6) is 0 Å². The Bertz CT molecular complexity index is 1500. The zero-order valence-corrected chi connectivity index (χ0v) is 33.4. The van der Waals surface area contributed by atoms with Gasteiger partial charge in [0.2, 0.25) is 11.8 Å². The van der Waals surface area contributed by atoms with Gasteiger partial charge in [0.05, 0.1) is 0 Å². The zero-order valence-electron chi connectivity index (χ0n) is 33.4. The molecule has 3 aliphatic heterocycles. The molecule has 294 valence electrons. The van der Waals surface area contributed by atoms with Crippen LogP contribution in [0.25, 0.3) is 0 Å². The summed E-state index contributed by atoms with van der Waals surface area (Å²) < 4.78 is 0. The molecular formula is C49H66N4O2. The minimum Gasteiger partial charge on any atom is -0.338 e. The Morgan fingerprint density at radius 2 is 0.764 bits per heavy atom. The summed E-state index contributed by atoms with van der Waals surface area (Å²) in [5.41, 5.74) is 7.67.